The third kappa shape index (κ3) is 5.11. The number of alkyl halides is 6. The van der Waals surface area contributed by atoms with Crippen molar-refractivity contribution in [1.82, 2.24) is 0 Å². The number of para-hydroxylation sites is 1. The number of ether oxygens (including phenoxy) is 1. The van der Waals surface area contributed by atoms with E-state index in [1.54, 1.807) is 0 Å². The van der Waals surface area contributed by atoms with E-state index < -0.39 is 35.5 Å². The molecule has 0 bridgehead atoms. The minimum atomic E-state index is -4.92. The lowest BCUT2D eigenvalue weighted by Crippen LogP contribution is -2.18. The van der Waals surface area contributed by atoms with E-state index >= 15 is 0 Å². The van der Waals surface area contributed by atoms with Crippen LogP contribution in [-0.4, -0.2) is 12.2 Å². The number of hydrogen-bond acceptors (Lipinski definition) is 2. The molecule has 2 aromatic carbocycles. The highest BCUT2D eigenvalue weighted by atomic mass is 19.4. The Balaban J connectivity index is 2.27. The minimum Gasteiger partial charge on any atom is -0.405 e. The van der Waals surface area contributed by atoms with Crippen LogP contribution in [0.5, 0.6) is 5.75 Å². The van der Waals surface area contributed by atoms with Crippen molar-refractivity contribution in [3.8, 4) is 5.75 Å². The summed E-state index contributed by atoms with van der Waals surface area (Å²) in [6, 6.07) is 7.16. The van der Waals surface area contributed by atoms with Gasteiger partial charge in [-0.05, 0) is 24.3 Å². The number of rotatable bonds is 4. The first kappa shape index (κ1) is 19.5. The van der Waals surface area contributed by atoms with Crippen LogP contribution in [0.2, 0.25) is 0 Å². The van der Waals surface area contributed by atoms with Crippen molar-refractivity contribution in [2.45, 2.75) is 19.1 Å². The lowest BCUT2D eigenvalue weighted by molar-refractivity contribution is -0.274. The number of benzene rings is 2. The summed E-state index contributed by atoms with van der Waals surface area (Å²) in [7, 11) is 0. The molecular weight excluding hydrogens is 369 g/mol. The van der Waals surface area contributed by atoms with Crippen LogP contribution in [-0.2, 0) is 12.7 Å². The third-order valence-electron chi connectivity index (χ3n) is 3.19. The summed E-state index contributed by atoms with van der Waals surface area (Å²) in [5, 5.41) is 0. The quantitative estimate of drug-likeness (QED) is 0.477. The number of aliphatic imine (C=N–C) groups is 1. The van der Waals surface area contributed by atoms with Crippen LogP contribution in [0.15, 0.2) is 47.5 Å². The van der Waals surface area contributed by atoms with E-state index in [-0.39, 0.29) is 17.7 Å². The Kier molecular flexibility index (Phi) is 5.43. The molecule has 0 fully saturated rings. The van der Waals surface area contributed by atoms with Gasteiger partial charge in [0.2, 0.25) is 0 Å². The lowest BCUT2D eigenvalue weighted by Gasteiger charge is -2.12. The van der Waals surface area contributed by atoms with E-state index in [9.17, 15) is 30.7 Å². The third-order valence-corrected chi connectivity index (χ3v) is 3.19. The fourth-order valence-electron chi connectivity index (χ4n) is 2.02. The first-order valence-electron chi connectivity index (χ1n) is 6.98. The first-order chi connectivity index (χ1) is 12.0. The monoisotopic (exact) mass is 380 g/mol. The predicted molar refractivity (Wildman–Crippen MR) is 79.0 cm³/mol. The lowest BCUT2D eigenvalue weighted by atomic mass is 10.1. The van der Waals surface area contributed by atoms with Gasteiger partial charge in [-0.2, -0.15) is 13.2 Å². The molecule has 10 heteroatoms. The maximum Gasteiger partial charge on any atom is 0.573 e. The average molecular weight is 380 g/mol. The molecule has 2 aromatic rings. The Morgan fingerprint density at radius 1 is 1.00 bits per heavy atom. The molecule has 3 nitrogen and oxygen atoms in total. The van der Waals surface area contributed by atoms with Crippen molar-refractivity contribution >= 4 is 5.84 Å². The van der Waals surface area contributed by atoms with E-state index in [1.807, 2.05) is 0 Å². The summed E-state index contributed by atoms with van der Waals surface area (Å²) in [5.74, 6) is -2.37. The van der Waals surface area contributed by atoms with Crippen molar-refractivity contribution in [3.05, 3.63) is 65.0 Å². The summed E-state index contributed by atoms with van der Waals surface area (Å²) < 4.78 is 92.3. The van der Waals surface area contributed by atoms with E-state index in [2.05, 4.69) is 9.73 Å². The maximum atomic E-state index is 13.3. The molecule has 0 aliphatic heterocycles. The fourth-order valence-corrected chi connectivity index (χ4v) is 2.02. The topological polar surface area (TPSA) is 47.6 Å². The fraction of sp³-hybridized carbons (Fsp3) is 0.188. The zero-order valence-electron chi connectivity index (χ0n) is 12.8. The minimum absolute atomic E-state index is 0.0194. The van der Waals surface area contributed by atoms with E-state index in [4.69, 9.17) is 5.73 Å². The highest BCUT2D eigenvalue weighted by molar-refractivity contribution is 5.97. The van der Waals surface area contributed by atoms with E-state index in [1.165, 1.54) is 18.2 Å². The summed E-state index contributed by atoms with van der Waals surface area (Å²) in [6.45, 7) is -0.378. The molecular formula is C16H11F7N2O. The van der Waals surface area contributed by atoms with E-state index in [0.29, 0.717) is 12.1 Å². The Morgan fingerprint density at radius 3 is 2.27 bits per heavy atom. The van der Waals surface area contributed by atoms with Gasteiger partial charge in [-0.3, -0.25) is 4.99 Å². The standard InChI is InChI=1S/C16H11F7N2O/c17-12-6-5-9(7-11(12)15(18,19)20)14(24)25-8-10-3-1-2-4-13(10)26-16(21,22)23/h1-7H,8H2,(H2,24,25). The average Bonchev–Trinajstić information content (AvgIpc) is 2.51. The van der Waals surface area contributed by atoms with Gasteiger partial charge in [0.25, 0.3) is 0 Å². The molecule has 26 heavy (non-hydrogen) atoms. The zero-order chi connectivity index (χ0) is 19.5. The molecule has 2 rings (SSSR count). The largest absolute Gasteiger partial charge is 0.573 e. The number of hydrogen-bond donors (Lipinski definition) is 1. The van der Waals surface area contributed by atoms with Gasteiger partial charge in [0.1, 0.15) is 17.4 Å². The summed E-state index contributed by atoms with van der Waals surface area (Å²) >= 11 is 0. The number of amidine groups is 1. The second kappa shape index (κ2) is 7.22. The summed E-state index contributed by atoms with van der Waals surface area (Å²) in [6.07, 6.45) is -9.84. The van der Waals surface area contributed by atoms with Crippen LogP contribution in [0.1, 0.15) is 16.7 Å². The van der Waals surface area contributed by atoms with Gasteiger partial charge < -0.3 is 10.5 Å². The maximum absolute atomic E-state index is 13.3. The molecule has 0 atom stereocenters. The molecule has 0 amide bonds. The van der Waals surface area contributed by atoms with Crippen molar-refractivity contribution in [3.63, 3.8) is 0 Å². The molecule has 0 saturated heterocycles. The molecule has 0 heterocycles. The van der Waals surface area contributed by atoms with Crippen molar-refractivity contribution in [1.29, 1.82) is 0 Å². The van der Waals surface area contributed by atoms with Crippen molar-refractivity contribution in [2.75, 3.05) is 0 Å². The van der Waals surface area contributed by atoms with Gasteiger partial charge in [0.05, 0.1) is 12.1 Å². The Hall–Kier alpha value is -2.78. The van der Waals surface area contributed by atoms with Crippen molar-refractivity contribution in [2.24, 2.45) is 10.7 Å². The zero-order valence-corrected chi connectivity index (χ0v) is 12.8. The molecule has 140 valence electrons. The second-order valence-corrected chi connectivity index (χ2v) is 5.05. The normalized spacial score (nSPS) is 13.0. The van der Waals surface area contributed by atoms with E-state index in [0.717, 1.165) is 12.1 Å². The predicted octanol–water partition coefficient (Wildman–Crippen LogP) is 4.65. The molecule has 0 aromatic heterocycles. The molecule has 0 aliphatic rings. The van der Waals surface area contributed by atoms with Crippen LogP contribution in [0.3, 0.4) is 0 Å². The van der Waals surface area contributed by atoms with Gasteiger partial charge >= 0.3 is 12.5 Å². The summed E-state index contributed by atoms with van der Waals surface area (Å²) in [4.78, 5) is 3.77. The number of nitrogens with zero attached hydrogens (tertiary/aromatic N) is 1. The molecule has 0 radical (unpaired) electrons. The highest BCUT2D eigenvalue weighted by Gasteiger charge is 2.34. The van der Waals surface area contributed by atoms with Crippen molar-refractivity contribution < 1.29 is 35.5 Å². The Morgan fingerprint density at radius 2 is 1.65 bits per heavy atom. The van der Waals surface area contributed by atoms with Gasteiger partial charge in [-0.1, -0.05) is 18.2 Å². The Labute approximate surface area is 142 Å². The number of halogens is 7. The Bertz CT molecular complexity index is 813. The van der Waals surface area contributed by atoms with Gasteiger partial charge in [-0.15, -0.1) is 13.2 Å². The first-order valence-corrected chi connectivity index (χ1v) is 6.98. The molecule has 0 unspecified atom stereocenters. The smallest absolute Gasteiger partial charge is 0.405 e. The molecule has 0 saturated carbocycles. The van der Waals surface area contributed by atoms with Crippen LogP contribution < -0.4 is 10.5 Å². The summed E-state index contributed by atoms with van der Waals surface area (Å²) in [5.41, 5.74) is 3.86. The van der Waals surface area contributed by atoms with Crippen LogP contribution >= 0.6 is 0 Å². The van der Waals surface area contributed by atoms with Gasteiger partial charge in [0, 0.05) is 11.1 Å². The van der Waals surface area contributed by atoms with Crippen LogP contribution in [0, 0.1) is 5.82 Å². The molecule has 0 aliphatic carbocycles. The van der Waals surface area contributed by atoms with Crippen LogP contribution in [0.25, 0.3) is 0 Å². The van der Waals surface area contributed by atoms with Crippen LogP contribution in [0.4, 0.5) is 30.7 Å². The molecule has 2 N–H and O–H groups in total. The van der Waals surface area contributed by atoms with Gasteiger partial charge in [0.15, 0.2) is 0 Å². The highest BCUT2D eigenvalue weighted by Crippen LogP contribution is 2.32. The second-order valence-electron chi connectivity index (χ2n) is 5.05. The number of nitrogens with two attached hydrogens (primary N) is 1. The SMILES string of the molecule is NC(=NCc1ccccc1OC(F)(F)F)c1ccc(F)c(C(F)(F)F)c1. The molecule has 0 spiro atoms. The van der Waals surface area contributed by atoms with Gasteiger partial charge in [-0.25, -0.2) is 4.39 Å².